The Labute approximate surface area is 155 Å². The van der Waals surface area contributed by atoms with E-state index in [4.69, 9.17) is 14.2 Å². The largest absolute Gasteiger partial charge is 0.493 e. The van der Waals surface area contributed by atoms with Gasteiger partial charge in [-0.25, -0.2) is 0 Å². The zero-order valence-electron chi connectivity index (χ0n) is 15.9. The van der Waals surface area contributed by atoms with E-state index in [1.54, 1.807) is 14.2 Å². The van der Waals surface area contributed by atoms with E-state index in [2.05, 4.69) is 6.92 Å². The van der Waals surface area contributed by atoms with Gasteiger partial charge in [0.15, 0.2) is 11.5 Å². The van der Waals surface area contributed by atoms with Crippen molar-refractivity contribution in [1.82, 2.24) is 4.90 Å². The average molecular weight is 363 g/mol. The second-order valence-corrected chi connectivity index (χ2v) is 7.55. The normalized spacial score (nSPS) is 24.2. The van der Waals surface area contributed by atoms with Crippen molar-refractivity contribution in [3.05, 3.63) is 23.8 Å². The molecule has 144 valence electrons. The number of rotatable bonds is 7. The van der Waals surface area contributed by atoms with Gasteiger partial charge in [0.25, 0.3) is 0 Å². The summed E-state index contributed by atoms with van der Waals surface area (Å²) in [5.41, 5.74) is 1.23. The molecule has 1 N–H and O–H groups in total. The van der Waals surface area contributed by atoms with Crippen molar-refractivity contribution in [2.45, 2.75) is 44.8 Å². The molecule has 1 aromatic rings. The molecule has 2 atom stereocenters. The average Bonchev–Trinajstić information content (AvgIpc) is 3.42. The number of carbonyl (C=O) groups excluding carboxylic acids is 1. The summed E-state index contributed by atoms with van der Waals surface area (Å²) in [6, 6.07) is 5.27. The number of hydrogen-bond acceptors (Lipinski definition) is 5. The zero-order chi connectivity index (χ0) is 18.7. The van der Waals surface area contributed by atoms with Crippen LogP contribution in [0.25, 0.3) is 0 Å². The van der Waals surface area contributed by atoms with Crippen LogP contribution in [0.5, 0.6) is 11.5 Å². The van der Waals surface area contributed by atoms with Crippen LogP contribution in [-0.2, 0) is 9.53 Å². The van der Waals surface area contributed by atoms with Gasteiger partial charge in [-0.15, -0.1) is 0 Å². The van der Waals surface area contributed by atoms with Gasteiger partial charge < -0.3 is 24.2 Å². The smallest absolute Gasteiger partial charge is 0.223 e. The minimum absolute atomic E-state index is 0.125. The summed E-state index contributed by atoms with van der Waals surface area (Å²) < 4.78 is 16.5. The summed E-state index contributed by atoms with van der Waals surface area (Å²) in [5, 5.41) is 9.80. The first-order valence-corrected chi connectivity index (χ1v) is 9.25. The summed E-state index contributed by atoms with van der Waals surface area (Å²) in [5.74, 6) is 1.36. The maximum atomic E-state index is 12.9. The topological polar surface area (TPSA) is 68.2 Å². The molecule has 1 heterocycles. The van der Waals surface area contributed by atoms with E-state index in [1.165, 1.54) is 12.8 Å². The van der Waals surface area contributed by atoms with Gasteiger partial charge in [0.2, 0.25) is 5.91 Å². The van der Waals surface area contributed by atoms with E-state index in [0.29, 0.717) is 36.5 Å². The second-order valence-electron chi connectivity index (χ2n) is 7.55. The number of aliphatic hydroxyl groups excluding tert-OH is 1. The molecule has 0 unspecified atom stereocenters. The molecule has 1 aromatic carbocycles. The number of nitrogens with zero attached hydrogens (tertiary/aromatic N) is 1. The summed E-state index contributed by atoms with van der Waals surface area (Å²) >= 11 is 0. The van der Waals surface area contributed by atoms with Gasteiger partial charge in [-0.2, -0.15) is 0 Å². The van der Waals surface area contributed by atoms with E-state index in [0.717, 1.165) is 12.0 Å². The zero-order valence-corrected chi connectivity index (χ0v) is 15.9. The molecule has 0 aromatic heterocycles. The Morgan fingerprint density at radius 1 is 1.31 bits per heavy atom. The molecule has 1 amide bonds. The Kier molecular flexibility index (Phi) is 5.73. The minimum Gasteiger partial charge on any atom is -0.493 e. The fraction of sp³-hybridized carbons (Fsp3) is 0.650. The van der Waals surface area contributed by atoms with Crippen molar-refractivity contribution in [3.8, 4) is 11.5 Å². The Morgan fingerprint density at radius 3 is 2.65 bits per heavy atom. The quantitative estimate of drug-likeness (QED) is 0.806. The summed E-state index contributed by atoms with van der Waals surface area (Å²) in [7, 11) is 3.17. The lowest BCUT2D eigenvalue weighted by Gasteiger charge is -2.41. The maximum absolute atomic E-state index is 12.9. The van der Waals surface area contributed by atoms with E-state index in [1.807, 2.05) is 23.1 Å². The monoisotopic (exact) mass is 363 g/mol. The number of amides is 1. The Hall–Kier alpha value is -1.79. The fourth-order valence-corrected chi connectivity index (χ4v) is 3.61. The summed E-state index contributed by atoms with van der Waals surface area (Å²) in [6.45, 7) is 3.07. The lowest BCUT2D eigenvalue weighted by atomic mass is 9.96. The molecule has 1 aliphatic carbocycles. The van der Waals surface area contributed by atoms with Crippen LogP contribution in [0.15, 0.2) is 18.2 Å². The number of ether oxygens (including phenoxy) is 3. The van der Waals surface area contributed by atoms with Crippen molar-refractivity contribution in [2.24, 2.45) is 5.41 Å². The Morgan fingerprint density at radius 2 is 2.04 bits per heavy atom. The lowest BCUT2D eigenvalue weighted by Crippen LogP contribution is -2.49. The predicted molar refractivity (Wildman–Crippen MR) is 97.4 cm³/mol. The van der Waals surface area contributed by atoms with Crippen LogP contribution < -0.4 is 9.47 Å². The first kappa shape index (κ1) is 19.0. The Bertz CT molecular complexity index is 643. The van der Waals surface area contributed by atoms with Crippen molar-refractivity contribution < 1.29 is 24.1 Å². The van der Waals surface area contributed by atoms with Crippen LogP contribution >= 0.6 is 0 Å². The molecule has 1 aliphatic heterocycles. The van der Waals surface area contributed by atoms with Crippen molar-refractivity contribution in [1.29, 1.82) is 0 Å². The highest BCUT2D eigenvalue weighted by Crippen LogP contribution is 2.49. The number of hydrogen-bond donors (Lipinski definition) is 1. The SMILES string of the molecule is COc1ccc([C@@H]2[C@@H](CO)OCCN2C(=O)CCC2(C)CC2)cc1OC. The number of morpholine rings is 1. The van der Waals surface area contributed by atoms with E-state index < -0.39 is 6.10 Å². The third-order valence-electron chi connectivity index (χ3n) is 5.65. The van der Waals surface area contributed by atoms with Gasteiger partial charge in [0.1, 0.15) is 6.10 Å². The van der Waals surface area contributed by atoms with Crippen LogP contribution in [-0.4, -0.2) is 56.0 Å². The van der Waals surface area contributed by atoms with E-state index in [9.17, 15) is 9.90 Å². The van der Waals surface area contributed by atoms with Crippen LogP contribution in [0.4, 0.5) is 0 Å². The molecule has 6 nitrogen and oxygen atoms in total. The van der Waals surface area contributed by atoms with Gasteiger partial charge in [0, 0.05) is 13.0 Å². The van der Waals surface area contributed by atoms with Crippen molar-refractivity contribution in [3.63, 3.8) is 0 Å². The first-order chi connectivity index (χ1) is 12.5. The van der Waals surface area contributed by atoms with E-state index >= 15 is 0 Å². The molecule has 0 bridgehead atoms. The first-order valence-electron chi connectivity index (χ1n) is 9.25. The van der Waals surface area contributed by atoms with Crippen LogP contribution in [0, 0.1) is 5.41 Å². The predicted octanol–water partition coefficient (Wildman–Crippen LogP) is 2.54. The molecule has 2 aliphatic rings. The maximum Gasteiger partial charge on any atom is 0.223 e. The highest BCUT2D eigenvalue weighted by Gasteiger charge is 2.40. The highest BCUT2D eigenvalue weighted by molar-refractivity contribution is 5.77. The Balaban J connectivity index is 1.84. The number of aliphatic hydroxyl groups is 1. The molecular formula is C20H29NO5. The van der Waals surface area contributed by atoms with Gasteiger partial charge in [-0.3, -0.25) is 4.79 Å². The van der Waals surface area contributed by atoms with Crippen LogP contribution in [0.3, 0.4) is 0 Å². The molecule has 3 rings (SSSR count). The van der Waals surface area contributed by atoms with Gasteiger partial charge in [-0.1, -0.05) is 13.0 Å². The molecule has 0 radical (unpaired) electrons. The molecule has 0 spiro atoms. The van der Waals surface area contributed by atoms with Gasteiger partial charge in [0.05, 0.1) is 33.5 Å². The van der Waals surface area contributed by atoms with Gasteiger partial charge >= 0.3 is 0 Å². The third-order valence-corrected chi connectivity index (χ3v) is 5.65. The van der Waals surface area contributed by atoms with Crippen LogP contribution in [0.2, 0.25) is 0 Å². The van der Waals surface area contributed by atoms with Gasteiger partial charge in [-0.05, 0) is 42.4 Å². The standard InChI is InChI=1S/C20H29NO5/c1-20(8-9-20)7-6-18(23)21-10-11-26-17(13-22)19(21)14-4-5-15(24-2)16(12-14)25-3/h4-5,12,17,19,22H,6-11,13H2,1-3H3/t17-,19-/m1/s1. The minimum atomic E-state index is -0.442. The van der Waals surface area contributed by atoms with Crippen LogP contribution in [0.1, 0.15) is 44.2 Å². The number of carbonyl (C=O) groups is 1. The fourth-order valence-electron chi connectivity index (χ4n) is 3.61. The molecular weight excluding hydrogens is 334 g/mol. The number of methoxy groups -OCH3 is 2. The second kappa shape index (κ2) is 7.84. The summed E-state index contributed by atoms with van der Waals surface area (Å²) in [4.78, 5) is 14.8. The van der Waals surface area contributed by atoms with Crippen molar-refractivity contribution >= 4 is 5.91 Å². The highest BCUT2D eigenvalue weighted by atomic mass is 16.5. The van der Waals surface area contributed by atoms with E-state index in [-0.39, 0.29) is 18.6 Å². The molecule has 6 heteroatoms. The molecule has 1 saturated heterocycles. The lowest BCUT2D eigenvalue weighted by molar-refractivity contribution is -0.150. The number of benzene rings is 1. The molecule has 1 saturated carbocycles. The summed E-state index contributed by atoms with van der Waals surface area (Å²) in [6.07, 6.45) is 3.44. The van der Waals surface area contributed by atoms with Crippen molar-refractivity contribution in [2.75, 3.05) is 34.0 Å². The molecule has 26 heavy (non-hydrogen) atoms. The molecule has 2 fully saturated rings. The third kappa shape index (κ3) is 3.96.